The maximum atomic E-state index is 12.1. The van der Waals surface area contributed by atoms with E-state index in [0.29, 0.717) is 50.1 Å². The molecule has 1 aromatic heterocycles. The molecule has 5 N–H and O–H groups in total. The molecule has 0 aliphatic rings. The van der Waals surface area contributed by atoms with Crippen molar-refractivity contribution in [1.82, 2.24) is 20.6 Å². The lowest BCUT2D eigenvalue weighted by Crippen LogP contribution is -2.40. The van der Waals surface area contributed by atoms with Gasteiger partial charge in [-0.25, -0.2) is 14.6 Å². The predicted octanol–water partition coefficient (Wildman–Crippen LogP) is 6.61. The summed E-state index contributed by atoms with van der Waals surface area (Å²) in [5.41, 5.74) is 3.15. The molecule has 2 aromatic carbocycles. The third-order valence-corrected chi connectivity index (χ3v) is 11.6. The van der Waals surface area contributed by atoms with Crippen LogP contribution in [0.25, 0.3) is 0 Å². The predicted molar refractivity (Wildman–Crippen MR) is 174 cm³/mol. The number of carbonyl (C=O) groups excluding carboxylic acids is 2. The molecule has 1 heterocycles. The summed E-state index contributed by atoms with van der Waals surface area (Å²) in [5.74, 6) is 1.05. The third-order valence-electron chi connectivity index (χ3n) is 7.10. The van der Waals surface area contributed by atoms with E-state index in [0.717, 1.165) is 16.8 Å². The van der Waals surface area contributed by atoms with Gasteiger partial charge in [0.25, 0.3) is 0 Å². The van der Waals surface area contributed by atoms with E-state index in [1.54, 1.807) is 12.3 Å². The summed E-state index contributed by atoms with van der Waals surface area (Å²) in [5, 5.41) is 15.0. The first-order chi connectivity index (χ1) is 20.5. The topological polar surface area (TPSA) is 139 Å². The molecule has 0 fully saturated rings. The van der Waals surface area contributed by atoms with Crippen LogP contribution in [-0.2, 0) is 22.4 Å². The lowest BCUT2D eigenvalue weighted by molar-refractivity contribution is 0.139. The standard InChI is InChI=1S/C31H45N7O4Si/c1-7-32-29(39)37-26-16-11-15-25(19-26)36-28-35-20-24(22-42-43(5,6)31(2,3)4)27(38-28)33-17-12-18-34-30(40)41-21-23-13-9-8-10-14-23/h8-11,13-16,19-20H,7,12,17-18,21-22H2,1-6H3,(H,34,40)(H2,32,37,39)(H2,33,35,36,38). The minimum absolute atomic E-state index is 0.0663. The number of anilines is 4. The highest BCUT2D eigenvalue weighted by atomic mass is 28.4. The Bertz CT molecular complexity index is 1330. The molecule has 0 atom stereocenters. The Morgan fingerprint density at radius 3 is 2.40 bits per heavy atom. The largest absolute Gasteiger partial charge is 0.445 e. The smallest absolute Gasteiger partial charge is 0.407 e. The van der Waals surface area contributed by atoms with Gasteiger partial charge in [0, 0.05) is 42.8 Å². The molecule has 0 spiro atoms. The van der Waals surface area contributed by atoms with E-state index in [2.05, 4.69) is 65.4 Å². The van der Waals surface area contributed by atoms with E-state index in [1.165, 1.54) is 0 Å². The van der Waals surface area contributed by atoms with E-state index in [9.17, 15) is 9.59 Å². The van der Waals surface area contributed by atoms with Crippen LogP contribution in [0.3, 0.4) is 0 Å². The minimum Gasteiger partial charge on any atom is -0.445 e. The molecule has 232 valence electrons. The van der Waals surface area contributed by atoms with E-state index < -0.39 is 14.4 Å². The molecule has 3 aromatic rings. The van der Waals surface area contributed by atoms with Crippen LogP contribution in [-0.4, -0.2) is 50.0 Å². The maximum Gasteiger partial charge on any atom is 0.407 e. The second kappa shape index (κ2) is 15.9. The number of urea groups is 1. The summed E-state index contributed by atoms with van der Waals surface area (Å²) in [6, 6.07) is 16.6. The lowest BCUT2D eigenvalue weighted by Gasteiger charge is -2.36. The van der Waals surface area contributed by atoms with Crippen LogP contribution in [0.15, 0.2) is 60.8 Å². The average Bonchev–Trinajstić information content (AvgIpc) is 2.95. The van der Waals surface area contributed by atoms with Gasteiger partial charge in [0.1, 0.15) is 12.4 Å². The fourth-order valence-corrected chi connectivity index (χ4v) is 4.55. The molecule has 12 heteroatoms. The number of alkyl carbamates (subject to hydrolysis) is 1. The number of hydrogen-bond acceptors (Lipinski definition) is 8. The lowest BCUT2D eigenvalue weighted by atomic mass is 10.2. The third kappa shape index (κ3) is 11.2. The van der Waals surface area contributed by atoms with Crippen molar-refractivity contribution in [2.45, 2.75) is 65.5 Å². The van der Waals surface area contributed by atoms with E-state index in [-0.39, 0.29) is 17.7 Å². The molecule has 0 unspecified atom stereocenters. The summed E-state index contributed by atoms with van der Waals surface area (Å²) >= 11 is 0. The summed E-state index contributed by atoms with van der Waals surface area (Å²) in [6.45, 7) is 15.0. The number of nitrogens with one attached hydrogen (secondary N) is 5. The number of aromatic nitrogens is 2. The van der Waals surface area contributed by atoms with Crippen molar-refractivity contribution in [3.63, 3.8) is 0 Å². The second-order valence-electron chi connectivity index (χ2n) is 11.6. The first kappa shape index (κ1) is 33.3. The molecule has 0 aliphatic carbocycles. The Hall–Kier alpha value is -4.16. The van der Waals surface area contributed by atoms with E-state index >= 15 is 0 Å². The van der Waals surface area contributed by atoms with Crippen LogP contribution >= 0.6 is 0 Å². The Balaban J connectivity index is 1.62. The van der Waals surface area contributed by atoms with Crippen molar-refractivity contribution in [3.05, 3.63) is 71.9 Å². The Morgan fingerprint density at radius 2 is 1.67 bits per heavy atom. The van der Waals surface area contributed by atoms with Crippen molar-refractivity contribution >= 4 is 43.6 Å². The van der Waals surface area contributed by atoms with Crippen LogP contribution in [0.2, 0.25) is 18.1 Å². The van der Waals surface area contributed by atoms with Gasteiger partial charge >= 0.3 is 12.1 Å². The van der Waals surface area contributed by atoms with E-state index in [4.69, 9.17) is 14.1 Å². The van der Waals surface area contributed by atoms with Crippen LogP contribution in [0.1, 0.15) is 45.2 Å². The summed E-state index contributed by atoms with van der Waals surface area (Å²) in [7, 11) is -2.00. The quantitative estimate of drug-likeness (QED) is 0.102. The number of benzene rings is 2. The highest BCUT2D eigenvalue weighted by Crippen LogP contribution is 2.37. The maximum absolute atomic E-state index is 12.1. The van der Waals surface area contributed by atoms with Gasteiger partial charge in [0.15, 0.2) is 8.32 Å². The van der Waals surface area contributed by atoms with Crippen LogP contribution < -0.4 is 26.6 Å². The first-order valence-corrected chi connectivity index (χ1v) is 17.5. The molecule has 3 amide bonds. The Morgan fingerprint density at radius 1 is 0.930 bits per heavy atom. The summed E-state index contributed by atoms with van der Waals surface area (Å²) < 4.78 is 11.7. The van der Waals surface area contributed by atoms with Gasteiger partial charge in [0.2, 0.25) is 5.95 Å². The first-order valence-electron chi connectivity index (χ1n) is 14.6. The summed E-state index contributed by atoms with van der Waals surface area (Å²) in [6.07, 6.45) is 1.97. The van der Waals surface area contributed by atoms with Crippen LogP contribution in [0.4, 0.5) is 32.7 Å². The number of amides is 3. The molecule has 3 rings (SSSR count). The van der Waals surface area contributed by atoms with Crippen molar-refractivity contribution in [1.29, 1.82) is 0 Å². The van der Waals surface area contributed by atoms with Crippen LogP contribution in [0, 0.1) is 0 Å². The molecule has 0 saturated carbocycles. The normalized spacial score (nSPS) is 11.4. The van der Waals surface area contributed by atoms with Crippen molar-refractivity contribution in [2.24, 2.45) is 0 Å². The van der Waals surface area contributed by atoms with E-state index in [1.807, 2.05) is 55.5 Å². The highest BCUT2D eigenvalue weighted by molar-refractivity contribution is 6.74. The molecular formula is C31H45N7O4Si. The van der Waals surface area contributed by atoms with Gasteiger partial charge in [-0.15, -0.1) is 0 Å². The number of ether oxygens (including phenoxy) is 1. The molecule has 0 bridgehead atoms. The highest BCUT2D eigenvalue weighted by Gasteiger charge is 2.37. The van der Waals surface area contributed by atoms with Gasteiger partial charge in [0.05, 0.1) is 6.61 Å². The molecule has 0 radical (unpaired) electrons. The zero-order valence-electron chi connectivity index (χ0n) is 26.0. The second-order valence-corrected chi connectivity index (χ2v) is 16.4. The molecule has 43 heavy (non-hydrogen) atoms. The SMILES string of the molecule is CCNC(=O)Nc1cccc(Nc2ncc(CO[Si](C)(C)C(C)(C)C)c(NCCCNC(=O)OCc3ccccc3)n2)c1. The van der Waals surface area contributed by atoms with Crippen molar-refractivity contribution < 1.29 is 18.8 Å². The zero-order chi connectivity index (χ0) is 31.3. The van der Waals surface area contributed by atoms with Gasteiger partial charge in [-0.3, -0.25) is 0 Å². The van der Waals surface area contributed by atoms with Crippen molar-refractivity contribution in [2.75, 3.05) is 35.6 Å². The van der Waals surface area contributed by atoms with Gasteiger partial charge in [-0.05, 0) is 55.2 Å². The van der Waals surface area contributed by atoms with Crippen LogP contribution in [0.5, 0.6) is 0 Å². The van der Waals surface area contributed by atoms with Gasteiger partial charge in [-0.1, -0.05) is 57.2 Å². The molecular weight excluding hydrogens is 562 g/mol. The molecule has 0 aliphatic heterocycles. The number of carbonyl (C=O) groups is 2. The Labute approximate surface area is 255 Å². The average molecular weight is 608 g/mol. The fraction of sp³-hybridized carbons (Fsp3) is 0.419. The van der Waals surface area contributed by atoms with Gasteiger partial charge in [-0.2, -0.15) is 4.98 Å². The number of hydrogen-bond donors (Lipinski definition) is 5. The van der Waals surface area contributed by atoms with Gasteiger partial charge < -0.3 is 35.7 Å². The minimum atomic E-state index is -2.00. The fourth-order valence-electron chi connectivity index (χ4n) is 3.60. The number of nitrogens with zero attached hydrogens (tertiary/aromatic N) is 2. The molecule has 11 nitrogen and oxygen atoms in total. The summed E-state index contributed by atoms with van der Waals surface area (Å²) in [4.78, 5) is 33.3. The number of rotatable bonds is 14. The monoisotopic (exact) mass is 607 g/mol. The zero-order valence-corrected chi connectivity index (χ0v) is 27.0. The Kier molecular flexibility index (Phi) is 12.3. The van der Waals surface area contributed by atoms with Crippen molar-refractivity contribution in [3.8, 4) is 0 Å². The molecule has 0 saturated heterocycles.